The van der Waals surface area contributed by atoms with Crippen LogP contribution in [0.4, 0.5) is 5.82 Å². The highest BCUT2D eigenvalue weighted by molar-refractivity contribution is 5.93. The van der Waals surface area contributed by atoms with Crippen LogP contribution in [0.3, 0.4) is 0 Å². The summed E-state index contributed by atoms with van der Waals surface area (Å²) in [6.45, 7) is 3.25. The van der Waals surface area contributed by atoms with Crippen LogP contribution in [0.2, 0.25) is 0 Å². The van der Waals surface area contributed by atoms with E-state index >= 15 is 0 Å². The van der Waals surface area contributed by atoms with E-state index in [0.29, 0.717) is 25.5 Å². The second-order valence-electron chi connectivity index (χ2n) is 7.94. The first-order valence-corrected chi connectivity index (χ1v) is 10.9. The molecule has 0 unspecified atom stereocenters. The standard InChI is InChI=1S/C24H30N4O4/c1-18-11-12-25-21(14-18)27-22(29)9-10-24(31)28(16-20-8-5-13-32-20)17-23(30)26-15-19-6-3-2-4-7-19/h2-4,6-7,11-12,14,20H,5,8-10,13,15-17H2,1H3,(H,26,30)(H,25,27,29)/t20-/m0/s1. The Kier molecular flexibility index (Phi) is 8.74. The van der Waals surface area contributed by atoms with E-state index in [1.807, 2.05) is 43.3 Å². The molecule has 1 aliphatic heterocycles. The summed E-state index contributed by atoms with van der Waals surface area (Å²) in [5.41, 5.74) is 1.97. The van der Waals surface area contributed by atoms with Crippen LogP contribution in [-0.4, -0.2) is 53.4 Å². The van der Waals surface area contributed by atoms with Gasteiger partial charge in [-0.1, -0.05) is 30.3 Å². The zero-order valence-electron chi connectivity index (χ0n) is 18.4. The minimum atomic E-state index is -0.290. The number of carbonyl (C=O) groups excluding carboxylic acids is 3. The molecule has 3 amide bonds. The Labute approximate surface area is 188 Å². The highest BCUT2D eigenvalue weighted by atomic mass is 16.5. The third-order valence-corrected chi connectivity index (χ3v) is 5.22. The summed E-state index contributed by atoms with van der Waals surface area (Å²) >= 11 is 0. The van der Waals surface area contributed by atoms with E-state index in [9.17, 15) is 14.4 Å². The maximum atomic E-state index is 12.8. The summed E-state index contributed by atoms with van der Waals surface area (Å²) < 4.78 is 5.65. The average Bonchev–Trinajstić information content (AvgIpc) is 3.29. The second kappa shape index (κ2) is 12.0. The average molecular weight is 439 g/mol. The quantitative estimate of drug-likeness (QED) is 0.593. The summed E-state index contributed by atoms with van der Waals surface area (Å²) in [5, 5.41) is 5.56. The van der Waals surface area contributed by atoms with Crippen LogP contribution in [0, 0.1) is 6.92 Å². The van der Waals surface area contributed by atoms with Crippen molar-refractivity contribution < 1.29 is 19.1 Å². The highest BCUT2D eigenvalue weighted by Gasteiger charge is 2.24. The molecule has 1 atom stereocenters. The molecule has 0 saturated carbocycles. The van der Waals surface area contributed by atoms with Gasteiger partial charge in [0.05, 0.1) is 12.6 Å². The van der Waals surface area contributed by atoms with Crippen LogP contribution >= 0.6 is 0 Å². The van der Waals surface area contributed by atoms with Gasteiger partial charge in [-0.3, -0.25) is 14.4 Å². The van der Waals surface area contributed by atoms with Crippen molar-refractivity contribution in [1.82, 2.24) is 15.2 Å². The first-order chi connectivity index (χ1) is 15.5. The van der Waals surface area contributed by atoms with Gasteiger partial charge in [-0.05, 0) is 43.0 Å². The van der Waals surface area contributed by atoms with E-state index in [-0.39, 0.29) is 43.2 Å². The molecule has 3 rings (SSSR count). The molecule has 1 aromatic carbocycles. The number of nitrogens with zero attached hydrogens (tertiary/aromatic N) is 2. The van der Waals surface area contributed by atoms with Gasteiger partial charge in [-0.15, -0.1) is 0 Å². The predicted octanol–water partition coefficient (Wildman–Crippen LogP) is 2.43. The zero-order chi connectivity index (χ0) is 22.8. The lowest BCUT2D eigenvalue weighted by atomic mass is 10.2. The van der Waals surface area contributed by atoms with Crippen LogP contribution < -0.4 is 10.6 Å². The van der Waals surface area contributed by atoms with Crippen LogP contribution in [0.15, 0.2) is 48.7 Å². The smallest absolute Gasteiger partial charge is 0.239 e. The van der Waals surface area contributed by atoms with Gasteiger partial charge < -0.3 is 20.3 Å². The summed E-state index contributed by atoms with van der Waals surface area (Å²) in [6, 6.07) is 13.2. The van der Waals surface area contributed by atoms with Crippen molar-refractivity contribution in [2.24, 2.45) is 0 Å². The summed E-state index contributed by atoms with van der Waals surface area (Å²) in [6.07, 6.45) is 3.37. The summed E-state index contributed by atoms with van der Waals surface area (Å²) in [5.74, 6) is -0.322. The molecule has 1 fully saturated rings. The Bertz CT molecular complexity index is 913. The monoisotopic (exact) mass is 438 g/mol. The lowest BCUT2D eigenvalue weighted by Gasteiger charge is -2.25. The predicted molar refractivity (Wildman–Crippen MR) is 121 cm³/mol. The number of hydrogen-bond acceptors (Lipinski definition) is 5. The molecule has 170 valence electrons. The van der Waals surface area contributed by atoms with Crippen molar-refractivity contribution in [3.63, 3.8) is 0 Å². The molecule has 2 N–H and O–H groups in total. The topological polar surface area (TPSA) is 101 Å². The van der Waals surface area contributed by atoms with Gasteiger partial charge >= 0.3 is 0 Å². The molecule has 0 aliphatic carbocycles. The lowest BCUT2D eigenvalue weighted by molar-refractivity contribution is -0.138. The van der Waals surface area contributed by atoms with E-state index in [0.717, 1.165) is 24.0 Å². The Morgan fingerprint density at radius 1 is 1.12 bits per heavy atom. The Hall–Kier alpha value is -3.26. The largest absolute Gasteiger partial charge is 0.376 e. The van der Waals surface area contributed by atoms with Gasteiger partial charge in [0.1, 0.15) is 5.82 Å². The number of rotatable bonds is 10. The number of benzene rings is 1. The normalized spacial score (nSPS) is 15.2. The molecular formula is C24H30N4O4. The Morgan fingerprint density at radius 3 is 2.66 bits per heavy atom. The molecule has 1 aromatic heterocycles. The fourth-order valence-electron chi connectivity index (χ4n) is 3.50. The molecule has 1 saturated heterocycles. The molecule has 0 bridgehead atoms. The lowest BCUT2D eigenvalue weighted by Crippen LogP contribution is -2.44. The molecule has 2 heterocycles. The first-order valence-electron chi connectivity index (χ1n) is 10.9. The van der Waals surface area contributed by atoms with Gasteiger partial charge in [0.15, 0.2) is 0 Å². The van der Waals surface area contributed by atoms with E-state index < -0.39 is 0 Å². The van der Waals surface area contributed by atoms with Gasteiger partial charge in [0.25, 0.3) is 0 Å². The minimum absolute atomic E-state index is 0.0103. The maximum Gasteiger partial charge on any atom is 0.239 e. The molecule has 2 aromatic rings. The van der Waals surface area contributed by atoms with Crippen molar-refractivity contribution in [3.05, 3.63) is 59.8 Å². The van der Waals surface area contributed by atoms with Crippen molar-refractivity contribution in [3.8, 4) is 0 Å². The maximum absolute atomic E-state index is 12.8. The number of carbonyl (C=O) groups is 3. The van der Waals surface area contributed by atoms with Gasteiger partial charge in [-0.2, -0.15) is 0 Å². The Balaban J connectivity index is 1.51. The zero-order valence-corrected chi connectivity index (χ0v) is 18.4. The summed E-state index contributed by atoms with van der Waals surface area (Å²) in [7, 11) is 0. The molecule has 8 nitrogen and oxygen atoms in total. The first kappa shape index (κ1) is 23.4. The third-order valence-electron chi connectivity index (χ3n) is 5.22. The molecule has 0 radical (unpaired) electrons. The number of ether oxygens (including phenoxy) is 1. The fraction of sp³-hybridized carbons (Fsp3) is 0.417. The van der Waals surface area contributed by atoms with E-state index in [4.69, 9.17) is 4.74 Å². The molecule has 32 heavy (non-hydrogen) atoms. The minimum Gasteiger partial charge on any atom is -0.376 e. The number of pyridine rings is 1. The van der Waals surface area contributed by atoms with Gasteiger partial charge in [-0.25, -0.2) is 4.98 Å². The number of aromatic nitrogens is 1. The van der Waals surface area contributed by atoms with E-state index in [2.05, 4.69) is 15.6 Å². The van der Waals surface area contributed by atoms with Crippen molar-refractivity contribution >= 4 is 23.5 Å². The third kappa shape index (κ3) is 7.77. The molecule has 1 aliphatic rings. The second-order valence-corrected chi connectivity index (χ2v) is 7.94. The fourth-order valence-corrected chi connectivity index (χ4v) is 3.50. The number of nitrogens with one attached hydrogen (secondary N) is 2. The Morgan fingerprint density at radius 2 is 1.94 bits per heavy atom. The number of aryl methyl sites for hydroxylation is 1. The van der Waals surface area contributed by atoms with Crippen LogP contribution in [0.1, 0.15) is 36.8 Å². The molecular weight excluding hydrogens is 408 g/mol. The van der Waals surface area contributed by atoms with Gasteiger partial charge in [0.2, 0.25) is 17.7 Å². The molecule has 0 spiro atoms. The van der Waals surface area contributed by atoms with Crippen molar-refractivity contribution in [2.45, 2.75) is 45.3 Å². The highest BCUT2D eigenvalue weighted by Crippen LogP contribution is 2.14. The van der Waals surface area contributed by atoms with Crippen molar-refractivity contribution in [2.75, 3.05) is 25.0 Å². The van der Waals surface area contributed by atoms with E-state index in [1.54, 1.807) is 12.3 Å². The van der Waals surface area contributed by atoms with E-state index in [1.165, 1.54) is 4.90 Å². The van der Waals surface area contributed by atoms with Crippen molar-refractivity contribution in [1.29, 1.82) is 0 Å². The van der Waals surface area contributed by atoms with Crippen LogP contribution in [0.25, 0.3) is 0 Å². The number of anilines is 1. The number of amides is 3. The molecule has 8 heteroatoms. The SMILES string of the molecule is Cc1ccnc(NC(=O)CCC(=O)N(CC(=O)NCc2ccccc2)C[C@@H]2CCCO2)c1. The number of hydrogen-bond donors (Lipinski definition) is 2. The van der Waals surface area contributed by atoms with Crippen LogP contribution in [-0.2, 0) is 25.7 Å². The van der Waals surface area contributed by atoms with Crippen LogP contribution in [0.5, 0.6) is 0 Å². The summed E-state index contributed by atoms with van der Waals surface area (Å²) in [4.78, 5) is 43.2. The van der Waals surface area contributed by atoms with Gasteiger partial charge in [0, 0.05) is 38.7 Å².